The first kappa shape index (κ1) is 16.1. The van der Waals surface area contributed by atoms with E-state index in [-0.39, 0.29) is 5.91 Å². The number of para-hydroxylation sites is 2. The van der Waals surface area contributed by atoms with Crippen molar-refractivity contribution < 1.29 is 9.53 Å². The molecule has 1 N–H and O–H groups in total. The Bertz CT molecular complexity index is 860. The van der Waals surface area contributed by atoms with Crippen LogP contribution in [0.15, 0.2) is 72.8 Å². The molecule has 0 bridgehead atoms. The second-order valence-corrected chi connectivity index (χ2v) is 5.75. The molecule has 0 saturated carbocycles. The maximum Gasteiger partial charge on any atom is 0.257 e. The van der Waals surface area contributed by atoms with Gasteiger partial charge in [-0.05, 0) is 43.3 Å². The van der Waals surface area contributed by atoms with Crippen molar-refractivity contribution in [2.24, 2.45) is 0 Å². The van der Waals surface area contributed by atoms with Gasteiger partial charge in [0.1, 0.15) is 5.75 Å². The minimum absolute atomic E-state index is 0.277. The van der Waals surface area contributed by atoms with Crippen LogP contribution in [0.1, 0.15) is 15.9 Å². The van der Waals surface area contributed by atoms with Crippen molar-refractivity contribution in [3.63, 3.8) is 0 Å². The Labute approximate surface area is 145 Å². The fourth-order valence-electron chi connectivity index (χ4n) is 2.23. The van der Waals surface area contributed by atoms with Crippen molar-refractivity contribution in [2.75, 3.05) is 5.32 Å². The molecule has 0 fully saturated rings. The van der Waals surface area contributed by atoms with E-state index in [1.165, 1.54) is 0 Å². The van der Waals surface area contributed by atoms with Crippen LogP contribution in [-0.4, -0.2) is 5.91 Å². The molecule has 24 heavy (non-hydrogen) atoms. The minimum atomic E-state index is -0.277. The van der Waals surface area contributed by atoms with Gasteiger partial charge in [0.15, 0.2) is 5.75 Å². The second-order valence-electron chi connectivity index (χ2n) is 5.35. The normalized spacial score (nSPS) is 10.2. The number of carbonyl (C=O) groups is 1. The number of hydrogen-bond donors (Lipinski definition) is 1. The van der Waals surface area contributed by atoms with Gasteiger partial charge in [-0.25, -0.2) is 0 Å². The number of halogens is 1. The lowest BCUT2D eigenvalue weighted by Gasteiger charge is -2.13. The molecule has 0 saturated heterocycles. The summed E-state index contributed by atoms with van der Waals surface area (Å²) in [6.45, 7) is 2.02. The van der Waals surface area contributed by atoms with E-state index in [9.17, 15) is 4.79 Å². The van der Waals surface area contributed by atoms with Gasteiger partial charge in [0.25, 0.3) is 5.91 Å². The first-order chi connectivity index (χ1) is 11.6. The van der Waals surface area contributed by atoms with Gasteiger partial charge in [0.05, 0.1) is 16.3 Å². The largest absolute Gasteiger partial charge is 0.455 e. The highest BCUT2D eigenvalue weighted by atomic mass is 35.5. The van der Waals surface area contributed by atoms with E-state index >= 15 is 0 Å². The quantitative estimate of drug-likeness (QED) is 0.663. The van der Waals surface area contributed by atoms with Gasteiger partial charge in [0.2, 0.25) is 0 Å². The average Bonchev–Trinajstić information content (AvgIpc) is 2.59. The average molecular weight is 338 g/mol. The van der Waals surface area contributed by atoms with E-state index in [1.807, 2.05) is 49.4 Å². The third kappa shape index (κ3) is 3.76. The van der Waals surface area contributed by atoms with E-state index in [4.69, 9.17) is 16.3 Å². The van der Waals surface area contributed by atoms with Crippen molar-refractivity contribution >= 4 is 23.2 Å². The minimum Gasteiger partial charge on any atom is -0.455 e. The molecule has 0 aliphatic heterocycles. The van der Waals surface area contributed by atoms with Crippen LogP contribution in [0.5, 0.6) is 11.5 Å². The third-order valence-corrected chi connectivity index (χ3v) is 3.83. The predicted molar refractivity (Wildman–Crippen MR) is 97.1 cm³/mol. The Hall–Kier alpha value is -2.78. The van der Waals surface area contributed by atoms with E-state index in [2.05, 4.69) is 5.32 Å². The number of ether oxygens (including phenoxy) is 1. The first-order valence-corrected chi connectivity index (χ1v) is 7.91. The third-order valence-electron chi connectivity index (χ3n) is 3.50. The Morgan fingerprint density at radius 2 is 1.58 bits per heavy atom. The van der Waals surface area contributed by atoms with Crippen molar-refractivity contribution in [1.29, 1.82) is 0 Å². The van der Waals surface area contributed by atoms with Gasteiger partial charge in [-0.2, -0.15) is 0 Å². The van der Waals surface area contributed by atoms with E-state index in [0.29, 0.717) is 27.8 Å². The van der Waals surface area contributed by atoms with Crippen LogP contribution in [-0.2, 0) is 0 Å². The predicted octanol–water partition coefficient (Wildman–Crippen LogP) is 5.69. The summed E-state index contributed by atoms with van der Waals surface area (Å²) in [7, 11) is 0. The lowest BCUT2D eigenvalue weighted by atomic mass is 10.2. The van der Waals surface area contributed by atoms with E-state index in [0.717, 1.165) is 5.56 Å². The molecule has 4 heteroatoms. The van der Waals surface area contributed by atoms with Gasteiger partial charge in [-0.3, -0.25) is 4.79 Å². The SMILES string of the molecule is Cc1ccc(Oc2ccccc2NC(=O)c2ccccc2Cl)cc1. The standard InChI is InChI=1S/C20H16ClNO2/c1-14-10-12-15(13-11-14)24-19-9-5-4-8-18(19)22-20(23)16-6-2-3-7-17(16)21/h2-13H,1H3,(H,22,23). The molecule has 0 spiro atoms. The fourth-order valence-corrected chi connectivity index (χ4v) is 2.45. The molecule has 0 aromatic heterocycles. The second kappa shape index (κ2) is 7.20. The highest BCUT2D eigenvalue weighted by molar-refractivity contribution is 6.34. The molecule has 0 atom stereocenters. The van der Waals surface area contributed by atoms with E-state index in [1.54, 1.807) is 30.3 Å². The number of hydrogen-bond acceptors (Lipinski definition) is 2. The highest BCUT2D eigenvalue weighted by Crippen LogP contribution is 2.30. The van der Waals surface area contributed by atoms with Gasteiger partial charge in [0, 0.05) is 0 Å². The Kier molecular flexibility index (Phi) is 4.82. The van der Waals surface area contributed by atoms with Crippen molar-refractivity contribution in [3.8, 4) is 11.5 Å². The van der Waals surface area contributed by atoms with Crippen LogP contribution in [0.25, 0.3) is 0 Å². The van der Waals surface area contributed by atoms with Crippen LogP contribution in [0, 0.1) is 6.92 Å². The van der Waals surface area contributed by atoms with E-state index < -0.39 is 0 Å². The summed E-state index contributed by atoms with van der Waals surface area (Å²) < 4.78 is 5.88. The summed E-state index contributed by atoms with van der Waals surface area (Å²) in [5.41, 5.74) is 2.16. The molecule has 3 aromatic rings. The van der Waals surface area contributed by atoms with Crippen LogP contribution < -0.4 is 10.1 Å². The zero-order valence-electron chi connectivity index (χ0n) is 13.1. The molecule has 0 aliphatic carbocycles. The zero-order chi connectivity index (χ0) is 16.9. The lowest BCUT2D eigenvalue weighted by molar-refractivity contribution is 0.102. The maximum atomic E-state index is 12.4. The van der Waals surface area contributed by atoms with Gasteiger partial charge in [-0.15, -0.1) is 0 Å². The Morgan fingerprint density at radius 3 is 2.33 bits per heavy atom. The summed E-state index contributed by atoms with van der Waals surface area (Å²) in [5, 5.41) is 3.26. The number of benzene rings is 3. The molecule has 3 rings (SSSR count). The van der Waals surface area contributed by atoms with Crippen molar-refractivity contribution in [2.45, 2.75) is 6.92 Å². The summed E-state index contributed by atoms with van der Waals surface area (Å²) in [5.74, 6) is 1.00. The number of nitrogens with one attached hydrogen (secondary N) is 1. The summed E-state index contributed by atoms with van der Waals surface area (Å²) >= 11 is 6.08. The number of aryl methyl sites for hydroxylation is 1. The molecular weight excluding hydrogens is 322 g/mol. The summed E-state index contributed by atoms with van der Waals surface area (Å²) in [4.78, 5) is 12.4. The number of carbonyl (C=O) groups excluding carboxylic acids is 1. The Morgan fingerprint density at radius 1 is 0.917 bits per heavy atom. The fraction of sp³-hybridized carbons (Fsp3) is 0.0500. The lowest BCUT2D eigenvalue weighted by Crippen LogP contribution is -2.13. The number of rotatable bonds is 4. The number of amides is 1. The monoisotopic (exact) mass is 337 g/mol. The van der Waals surface area contributed by atoms with Crippen LogP contribution in [0.4, 0.5) is 5.69 Å². The molecule has 0 heterocycles. The smallest absolute Gasteiger partial charge is 0.257 e. The first-order valence-electron chi connectivity index (χ1n) is 7.53. The molecule has 1 amide bonds. The van der Waals surface area contributed by atoms with Crippen LogP contribution in [0.3, 0.4) is 0 Å². The van der Waals surface area contributed by atoms with Crippen LogP contribution in [0.2, 0.25) is 5.02 Å². The topological polar surface area (TPSA) is 38.3 Å². The van der Waals surface area contributed by atoms with Gasteiger partial charge in [-0.1, -0.05) is 53.6 Å². The molecule has 0 unspecified atom stereocenters. The number of anilines is 1. The molecule has 3 aromatic carbocycles. The molecule has 3 nitrogen and oxygen atoms in total. The van der Waals surface area contributed by atoms with Crippen molar-refractivity contribution in [3.05, 3.63) is 88.9 Å². The molecule has 0 radical (unpaired) electrons. The maximum absolute atomic E-state index is 12.4. The van der Waals surface area contributed by atoms with Crippen LogP contribution >= 0.6 is 11.6 Å². The highest BCUT2D eigenvalue weighted by Gasteiger charge is 2.12. The summed E-state index contributed by atoms with van der Waals surface area (Å²) in [6.07, 6.45) is 0. The Balaban J connectivity index is 1.83. The van der Waals surface area contributed by atoms with Crippen molar-refractivity contribution in [1.82, 2.24) is 0 Å². The van der Waals surface area contributed by atoms with Gasteiger partial charge < -0.3 is 10.1 Å². The molecular formula is C20H16ClNO2. The molecule has 120 valence electrons. The molecule has 0 aliphatic rings. The summed E-state index contributed by atoms with van der Waals surface area (Å²) in [6, 6.07) is 21.9. The van der Waals surface area contributed by atoms with Gasteiger partial charge >= 0.3 is 0 Å². The zero-order valence-corrected chi connectivity index (χ0v) is 13.9.